The van der Waals surface area contributed by atoms with Gasteiger partial charge in [-0.2, -0.15) is 0 Å². The molecule has 0 N–H and O–H groups in total. The molecule has 8 heteroatoms. The van der Waals surface area contributed by atoms with Crippen LogP contribution in [0.15, 0.2) is 58.6 Å². The SMILES string of the molecule is C[C@H]1CCCN(C(=O)CSc2nc3c(sc4ncccc43)c(=O)n2C[C@@H](C)c2ccccc2)C1. The van der Waals surface area contributed by atoms with Crippen LogP contribution in [0, 0.1) is 5.92 Å². The summed E-state index contributed by atoms with van der Waals surface area (Å²) in [5.74, 6) is 1.06. The van der Waals surface area contributed by atoms with Crippen molar-refractivity contribution < 1.29 is 4.79 Å². The average molecular weight is 493 g/mol. The Labute approximate surface area is 207 Å². The van der Waals surface area contributed by atoms with Crippen LogP contribution in [0.4, 0.5) is 0 Å². The van der Waals surface area contributed by atoms with E-state index in [9.17, 15) is 9.59 Å². The van der Waals surface area contributed by atoms with Crippen LogP contribution < -0.4 is 5.56 Å². The van der Waals surface area contributed by atoms with Crippen molar-refractivity contribution >= 4 is 49.4 Å². The van der Waals surface area contributed by atoms with E-state index in [2.05, 4.69) is 31.0 Å². The molecule has 4 heterocycles. The summed E-state index contributed by atoms with van der Waals surface area (Å²) in [4.78, 5) is 38.8. The highest BCUT2D eigenvalue weighted by molar-refractivity contribution is 7.99. The van der Waals surface area contributed by atoms with E-state index in [4.69, 9.17) is 4.98 Å². The highest BCUT2D eigenvalue weighted by Crippen LogP contribution is 2.31. The van der Waals surface area contributed by atoms with Gasteiger partial charge in [0.15, 0.2) is 5.16 Å². The first-order chi connectivity index (χ1) is 16.5. The minimum Gasteiger partial charge on any atom is -0.342 e. The summed E-state index contributed by atoms with van der Waals surface area (Å²) in [6, 6.07) is 14.0. The third-order valence-corrected chi connectivity index (χ3v) is 8.53. The van der Waals surface area contributed by atoms with Crippen LogP contribution in [-0.2, 0) is 11.3 Å². The number of carbonyl (C=O) groups excluding carboxylic acids is 1. The molecule has 0 aliphatic carbocycles. The number of thiophene rings is 1. The number of piperidine rings is 1. The number of likely N-dealkylation sites (tertiary alicyclic amines) is 1. The molecule has 0 radical (unpaired) electrons. The van der Waals surface area contributed by atoms with E-state index in [0.29, 0.717) is 27.8 Å². The Morgan fingerprint density at radius 2 is 2.06 bits per heavy atom. The summed E-state index contributed by atoms with van der Waals surface area (Å²) in [5, 5.41) is 1.49. The Morgan fingerprint density at radius 1 is 1.24 bits per heavy atom. The summed E-state index contributed by atoms with van der Waals surface area (Å²) in [5.41, 5.74) is 1.79. The van der Waals surface area contributed by atoms with Gasteiger partial charge in [-0.1, -0.05) is 55.9 Å². The van der Waals surface area contributed by atoms with Crippen molar-refractivity contribution in [3.05, 3.63) is 64.6 Å². The standard InChI is InChI=1S/C26H28N4O2S2/c1-17-8-7-13-29(14-17)21(31)16-33-26-28-22-20-11-6-12-27-24(20)34-23(22)25(32)30(26)15-18(2)19-9-4-3-5-10-19/h3-6,9-12,17-18H,7-8,13-16H2,1-2H3/t17-,18+/m0/s1. The summed E-state index contributed by atoms with van der Waals surface area (Å²) < 4.78 is 2.38. The van der Waals surface area contributed by atoms with Gasteiger partial charge in [-0.15, -0.1) is 11.3 Å². The van der Waals surface area contributed by atoms with Gasteiger partial charge >= 0.3 is 0 Å². The zero-order valence-corrected chi connectivity index (χ0v) is 21.1. The fraction of sp³-hybridized carbons (Fsp3) is 0.385. The normalized spacial score (nSPS) is 17.4. The number of thioether (sulfide) groups is 1. The van der Waals surface area contributed by atoms with Crippen molar-refractivity contribution in [2.45, 2.75) is 44.3 Å². The Kier molecular flexibility index (Phi) is 6.70. The molecule has 5 rings (SSSR count). The molecule has 6 nitrogen and oxygen atoms in total. The highest BCUT2D eigenvalue weighted by Gasteiger charge is 2.23. The molecule has 1 saturated heterocycles. The third-order valence-electron chi connectivity index (χ3n) is 6.48. The van der Waals surface area contributed by atoms with Gasteiger partial charge in [-0.3, -0.25) is 14.2 Å². The van der Waals surface area contributed by atoms with E-state index < -0.39 is 0 Å². The van der Waals surface area contributed by atoms with Crippen molar-refractivity contribution in [1.29, 1.82) is 0 Å². The van der Waals surface area contributed by atoms with Crippen LogP contribution in [0.25, 0.3) is 20.4 Å². The van der Waals surface area contributed by atoms with Gasteiger partial charge in [0.2, 0.25) is 5.91 Å². The fourth-order valence-electron chi connectivity index (χ4n) is 4.61. The quantitative estimate of drug-likeness (QED) is 0.275. The van der Waals surface area contributed by atoms with E-state index >= 15 is 0 Å². The van der Waals surface area contributed by atoms with Crippen molar-refractivity contribution in [3.8, 4) is 0 Å². The second-order valence-corrected chi connectivity index (χ2v) is 11.1. The van der Waals surface area contributed by atoms with Crippen molar-refractivity contribution in [1.82, 2.24) is 19.4 Å². The molecule has 176 valence electrons. The van der Waals surface area contributed by atoms with Crippen LogP contribution in [0.1, 0.15) is 38.2 Å². The van der Waals surface area contributed by atoms with E-state index in [1.165, 1.54) is 35.1 Å². The molecule has 0 spiro atoms. The lowest BCUT2D eigenvalue weighted by Crippen LogP contribution is -2.40. The molecule has 1 fully saturated rings. The molecule has 1 aromatic carbocycles. The van der Waals surface area contributed by atoms with E-state index in [-0.39, 0.29) is 23.1 Å². The van der Waals surface area contributed by atoms with Gasteiger partial charge in [0.25, 0.3) is 5.56 Å². The predicted molar refractivity (Wildman–Crippen MR) is 140 cm³/mol. The van der Waals surface area contributed by atoms with Crippen LogP contribution in [-0.4, -0.2) is 44.2 Å². The minimum absolute atomic E-state index is 0.0580. The molecular formula is C26H28N4O2S2. The monoisotopic (exact) mass is 492 g/mol. The summed E-state index contributed by atoms with van der Waals surface area (Å²) >= 11 is 2.76. The molecule has 0 bridgehead atoms. The lowest BCUT2D eigenvalue weighted by molar-refractivity contribution is -0.130. The first-order valence-corrected chi connectivity index (χ1v) is 13.5. The topological polar surface area (TPSA) is 68.1 Å². The van der Waals surface area contributed by atoms with Crippen molar-refractivity contribution in [2.75, 3.05) is 18.8 Å². The zero-order valence-electron chi connectivity index (χ0n) is 19.4. The molecule has 34 heavy (non-hydrogen) atoms. The van der Waals surface area contributed by atoms with E-state index in [0.717, 1.165) is 29.7 Å². The number of amides is 1. The van der Waals surface area contributed by atoms with E-state index in [1.807, 2.05) is 35.2 Å². The third kappa shape index (κ3) is 4.61. The minimum atomic E-state index is -0.0580. The highest BCUT2D eigenvalue weighted by atomic mass is 32.2. The molecule has 1 amide bonds. The number of hydrogen-bond acceptors (Lipinski definition) is 6. The Morgan fingerprint density at radius 3 is 2.85 bits per heavy atom. The van der Waals surface area contributed by atoms with Crippen LogP contribution >= 0.6 is 23.1 Å². The zero-order chi connectivity index (χ0) is 23.7. The number of aromatic nitrogens is 3. The number of fused-ring (bicyclic) bond motifs is 3. The number of benzene rings is 1. The van der Waals surface area contributed by atoms with Crippen LogP contribution in [0.2, 0.25) is 0 Å². The number of rotatable bonds is 6. The van der Waals surface area contributed by atoms with Gasteiger partial charge in [0.05, 0.1) is 11.3 Å². The van der Waals surface area contributed by atoms with Crippen LogP contribution in [0.3, 0.4) is 0 Å². The largest absolute Gasteiger partial charge is 0.342 e. The van der Waals surface area contributed by atoms with Crippen molar-refractivity contribution in [2.24, 2.45) is 5.92 Å². The smallest absolute Gasteiger partial charge is 0.272 e. The average Bonchev–Trinajstić information content (AvgIpc) is 3.24. The van der Waals surface area contributed by atoms with E-state index in [1.54, 1.807) is 10.8 Å². The Balaban J connectivity index is 1.51. The molecular weight excluding hydrogens is 464 g/mol. The second-order valence-electron chi connectivity index (χ2n) is 9.13. The number of nitrogens with zero attached hydrogens (tertiary/aromatic N) is 4. The number of carbonyl (C=O) groups is 1. The van der Waals surface area contributed by atoms with Gasteiger partial charge < -0.3 is 4.90 Å². The lowest BCUT2D eigenvalue weighted by Gasteiger charge is -2.30. The molecule has 1 aliphatic heterocycles. The lowest BCUT2D eigenvalue weighted by atomic mass is 10.0. The predicted octanol–water partition coefficient (Wildman–Crippen LogP) is 5.16. The van der Waals surface area contributed by atoms with Gasteiger partial charge in [-0.05, 0) is 42.4 Å². The summed E-state index contributed by atoms with van der Waals surface area (Å²) in [6.45, 7) is 6.44. The van der Waals surface area contributed by atoms with Gasteiger partial charge in [-0.25, -0.2) is 9.97 Å². The summed E-state index contributed by atoms with van der Waals surface area (Å²) in [6.07, 6.45) is 3.96. The molecule has 3 aromatic heterocycles. The molecule has 0 saturated carbocycles. The molecule has 4 aromatic rings. The first kappa shape index (κ1) is 23.1. The maximum Gasteiger partial charge on any atom is 0.272 e. The van der Waals surface area contributed by atoms with Gasteiger partial charge in [0, 0.05) is 31.2 Å². The van der Waals surface area contributed by atoms with Crippen molar-refractivity contribution in [3.63, 3.8) is 0 Å². The van der Waals surface area contributed by atoms with Crippen LogP contribution in [0.5, 0.6) is 0 Å². The summed E-state index contributed by atoms with van der Waals surface area (Å²) in [7, 11) is 0. The fourth-order valence-corrected chi connectivity index (χ4v) is 6.54. The molecule has 0 unspecified atom stereocenters. The molecule has 1 aliphatic rings. The first-order valence-electron chi connectivity index (χ1n) is 11.7. The second kappa shape index (κ2) is 9.88. The Bertz CT molecular complexity index is 1380. The molecule has 2 atom stereocenters. The maximum absolute atomic E-state index is 13.7. The number of hydrogen-bond donors (Lipinski definition) is 0. The van der Waals surface area contributed by atoms with Gasteiger partial charge in [0.1, 0.15) is 9.53 Å². The maximum atomic E-state index is 13.7. The Hall–Kier alpha value is -2.71. The number of pyridine rings is 1.